The summed E-state index contributed by atoms with van der Waals surface area (Å²) in [7, 11) is 0. The van der Waals surface area contributed by atoms with Crippen LogP contribution in [0.4, 0.5) is 0 Å². The molecule has 1 aromatic rings. The Morgan fingerprint density at radius 3 is 3.10 bits per heavy atom. The van der Waals surface area contributed by atoms with E-state index in [0.29, 0.717) is 6.54 Å². The molecule has 21 heavy (non-hydrogen) atoms. The molecule has 2 amide bonds. The molecular formula is C14H21N3O3S. The van der Waals surface area contributed by atoms with Crippen LogP contribution >= 0.6 is 11.3 Å². The monoisotopic (exact) mass is 314 g/mol. The van der Waals surface area contributed by atoms with Gasteiger partial charge in [-0.2, -0.15) is 0 Å². The predicted octanol–water partition coefficient (Wildman–Crippen LogP) is 1.27. The van der Waals surface area contributed by atoms with Crippen LogP contribution in [0, 0.1) is 0 Å². The number of nitrogens with one attached hydrogen (secondary N) is 1. The number of aliphatic hydroxyl groups is 1. The molecule has 1 unspecified atom stereocenters. The van der Waals surface area contributed by atoms with Crippen molar-refractivity contribution in [2.24, 2.45) is 0 Å². The van der Waals surface area contributed by atoms with E-state index >= 15 is 0 Å². The maximum absolute atomic E-state index is 12.4. The van der Waals surface area contributed by atoms with Gasteiger partial charge in [-0.3, -0.25) is 9.59 Å². The van der Waals surface area contributed by atoms with Crippen molar-refractivity contribution in [3.8, 4) is 0 Å². The minimum atomic E-state index is -2.61. The Morgan fingerprint density at radius 1 is 1.71 bits per heavy atom. The summed E-state index contributed by atoms with van der Waals surface area (Å²) in [5, 5.41) is 13.8. The molecule has 1 aliphatic rings. The summed E-state index contributed by atoms with van der Waals surface area (Å²) in [5.41, 5.74) is -1.83. The van der Waals surface area contributed by atoms with Gasteiger partial charge in [0.15, 0.2) is 5.01 Å². The summed E-state index contributed by atoms with van der Waals surface area (Å²) < 4.78 is 21.7. The highest BCUT2D eigenvalue weighted by Crippen LogP contribution is 2.20. The second kappa shape index (κ2) is 6.11. The molecule has 1 aliphatic heterocycles. The molecule has 2 N–H and O–H groups in total. The third kappa shape index (κ3) is 4.01. The molecule has 0 saturated carbocycles. The lowest BCUT2D eigenvalue weighted by molar-refractivity contribution is 0.0692. The minimum absolute atomic E-state index is 0.0616. The maximum Gasteiger partial charge on any atom is 0.280 e. The van der Waals surface area contributed by atoms with E-state index in [2.05, 4.69) is 10.3 Å². The molecule has 2 heterocycles. The van der Waals surface area contributed by atoms with Crippen LogP contribution in [0.3, 0.4) is 0 Å². The van der Waals surface area contributed by atoms with Crippen molar-refractivity contribution in [3.63, 3.8) is 0 Å². The Labute approximate surface area is 132 Å². The number of hydrogen-bond donors (Lipinski definition) is 2. The van der Waals surface area contributed by atoms with Gasteiger partial charge >= 0.3 is 0 Å². The molecule has 116 valence electrons. The highest BCUT2D eigenvalue weighted by atomic mass is 32.1. The number of carbonyl (C=O) groups excluding carboxylic acids is 2. The van der Waals surface area contributed by atoms with E-state index < -0.39 is 24.9 Å². The number of carbonyl (C=O) groups is 2. The van der Waals surface area contributed by atoms with Gasteiger partial charge in [-0.25, -0.2) is 4.98 Å². The van der Waals surface area contributed by atoms with Crippen LogP contribution in [0.15, 0.2) is 5.38 Å². The number of hydrogen-bond acceptors (Lipinski definition) is 5. The van der Waals surface area contributed by atoms with Crippen molar-refractivity contribution in [2.75, 3.05) is 13.1 Å². The third-order valence-corrected chi connectivity index (χ3v) is 4.17. The van der Waals surface area contributed by atoms with E-state index in [1.54, 1.807) is 4.90 Å². The highest BCUT2D eigenvalue weighted by molar-refractivity contribution is 7.11. The molecule has 0 spiro atoms. The predicted molar refractivity (Wildman–Crippen MR) is 80.5 cm³/mol. The zero-order valence-electron chi connectivity index (χ0n) is 15.0. The first kappa shape index (κ1) is 12.1. The van der Waals surface area contributed by atoms with Crippen molar-refractivity contribution >= 4 is 23.2 Å². The molecule has 2 rings (SSSR count). The smallest absolute Gasteiger partial charge is 0.280 e. The summed E-state index contributed by atoms with van der Waals surface area (Å²) in [6.07, 6.45) is 1.90. The molecule has 1 fully saturated rings. The van der Waals surface area contributed by atoms with Crippen LogP contribution in [0.1, 0.15) is 57.9 Å². The number of likely N-dealkylation sites (tertiary alicyclic amines) is 1. The van der Waals surface area contributed by atoms with Gasteiger partial charge < -0.3 is 15.3 Å². The lowest BCUT2D eigenvalue weighted by atomic mass is 10.1. The normalized spacial score (nSPS) is 23.9. The van der Waals surface area contributed by atoms with Crippen molar-refractivity contribution < 1.29 is 18.8 Å². The van der Waals surface area contributed by atoms with E-state index in [1.165, 1.54) is 5.38 Å². The number of amides is 2. The second-order valence-corrected chi connectivity index (χ2v) is 6.34. The molecule has 0 aromatic carbocycles. The van der Waals surface area contributed by atoms with Gasteiger partial charge in [-0.15, -0.1) is 11.3 Å². The van der Waals surface area contributed by atoms with Gasteiger partial charge in [-0.1, -0.05) is 0 Å². The zero-order chi connectivity index (χ0) is 18.1. The third-order valence-electron chi connectivity index (χ3n) is 3.32. The highest BCUT2D eigenvalue weighted by Gasteiger charge is 2.28. The van der Waals surface area contributed by atoms with Crippen LogP contribution < -0.4 is 5.32 Å². The van der Waals surface area contributed by atoms with E-state index in [4.69, 9.17) is 4.11 Å². The maximum atomic E-state index is 12.4. The summed E-state index contributed by atoms with van der Waals surface area (Å²) in [6.45, 7) is 0.735. The Balaban J connectivity index is 2.00. The minimum Gasteiger partial charge on any atom is -0.389 e. The Hall–Kier alpha value is -1.47. The molecular weight excluding hydrogens is 290 g/mol. The van der Waals surface area contributed by atoms with Crippen molar-refractivity contribution in [2.45, 2.75) is 45.2 Å². The summed E-state index contributed by atoms with van der Waals surface area (Å²) >= 11 is 1.01. The number of thiazole rings is 1. The molecule has 2 atom stereocenters. The van der Waals surface area contributed by atoms with E-state index in [0.717, 1.165) is 31.1 Å². The fourth-order valence-corrected chi connectivity index (χ4v) is 2.89. The molecule has 0 bridgehead atoms. The average Bonchev–Trinajstić information content (AvgIpc) is 3.12. The zero-order valence-corrected chi connectivity index (χ0v) is 12.9. The first-order chi connectivity index (χ1) is 11.0. The fraction of sp³-hybridized carbons (Fsp3) is 0.643. The van der Waals surface area contributed by atoms with E-state index in [-0.39, 0.29) is 22.7 Å². The van der Waals surface area contributed by atoms with Gasteiger partial charge in [0.1, 0.15) is 5.69 Å². The second-order valence-electron chi connectivity index (χ2n) is 5.48. The SMILES string of the molecule is [2H]C([2H])([2H])C(C)(O)CNC(=O)c1nc(C(=O)N2CCC[C@@H]2C)cs1. The van der Waals surface area contributed by atoms with Crippen LogP contribution in [-0.2, 0) is 0 Å². The lowest BCUT2D eigenvalue weighted by Gasteiger charge is -2.20. The molecule has 0 radical (unpaired) electrons. The van der Waals surface area contributed by atoms with Crippen LogP contribution in [0.25, 0.3) is 0 Å². The summed E-state index contributed by atoms with van der Waals surface area (Å²) in [4.78, 5) is 30.2. The summed E-state index contributed by atoms with van der Waals surface area (Å²) in [5.74, 6) is -0.817. The number of nitrogens with zero attached hydrogens (tertiary/aromatic N) is 2. The molecule has 1 saturated heterocycles. The Kier molecular flexibility index (Phi) is 3.52. The topological polar surface area (TPSA) is 82.5 Å². The number of rotatable bonds is 4. The molecule has 0 aliphatic carbocycles. The first-order valence-corrected chi connectivity index (χ1v) is 7.68. The first-order valence-electron chi connectivity index (χ1n) is 8.30. The molecule has 6 nitrogen and oxygen atoms in total. The standard InChI is InChI=1S/C14H21N3O3S/c1-9-5-4-6-17(9)13(19)10-7-21-12(16-10)11(18)15-8-14(2,3)20/h7,9,20H,4-6,8H2,1-3H3,(H,15,18)/t9-/m0/s1/i2D3/t9-,14?. The van der Waals surface area contributed by atoms with Gasteiger partial charge in [0.2, 0.25) is 0 Å². The lowest BCUT2D eigenvalue weighted by Crippen LogP contribution is -2.38. The largest absolute Gasteiger partial charge is 0.389 e. The van der Waals surface area contributed by atoms with Crippen molar-refractivity contribution in [1.29, 1.82) is 0 Å². The Morgan fingerprint density at radius 2 is 2.48 bits per heavy atom. The van der Waals surface area contributed by atoms with Crippen LogP contribution in [0.5, 0.6) is 0 Å². The van der Waals surface area contributed by atoms with Crippen molar-refractivity contribution in [1.82, 2.24) is 15.2 Å². The number of aromatic nitrogens is 1. The molecule has 1 aromatic heterocycles. The van der Waals surface area contributed by atoms with E-state index in [9.17, 15) is 14.7 Å². The fourth-order valence-electron chi connectivity index (χ4n) is 2.19. The molecule has 7 heteroatoms. The van der Waals surface area contributed by atoms with Gasteiger partial charge in [-0.05, 0) is 33.5 Å². The van der Waals surface area contributed by atoms with E-state index in [1.807, 2.05) is 6.92 Å². The van der Waals surface area contributed by atoms with Crippen molar-refractivity contribution in [3.05, 3.63) is 16.1 Å². The van der Waals surface area contributed by atoms with Crippen LogP contribution in [0.2, 0.25) is 0 Å². The van der Waals surface area contributed by atoms with Gasteiger partial charge in [0.05, 0.1) is 5.60 Å². The van der Waals surface area contributed by atoms with Crippen LogP contribution in [-0.4, -0.2) is 51.5 Å². The average molecular weight is 314 g/mol. The summed E-state index contributed by atoms with van der Waals surface area (Å²) in [6, 6.07) is 0.158. The van der Waals surface area contributed by atoms with Gasteiger partial charge in [0.25, 0.3) is 11.8 Å². The van der Waals surface area contributed by atoms with Gasteiger partial charge in [0, 0.05) is 28.6 Å². The Bertz CT molecular complexity index is 630. The quantitative estimate of drug-likeness (QED) is 0.877.